The first-order valence-corrected chi connectivity index (χ1v) is 23.3. The van der Waals surface area contributed by atoms with Gasteiger partial charge in [-0.25, -0.2) is 9.36 Å². The third-order valence-electron chi connectivity index (χ3n) is 11.6. The summed E-state index contributed by atoms with van der Waals surface area (Å²) in [6.07, 6.45) is 2.41. The fourth-order valence-corrected chi connectivity index (χ4v) is 7.47. The maximum Gasteiger partial charge on any atom is 0.256 e. The summed E-state index contributed by atoms with van der Waals surface area (Å²) in [4.78, 5) is 38.7. The normalized spacial score (nSPS) is 12.5. The summed E-state index contributed by atoms with van der Waals surface area (Å²) < 4.78 is 4.50. The number of rotatable bonds is 10. The zero-order valence-corrected chi connectivity index (χ0v) is 41.2. The van der Waals surface area contributed by atoms with Crippen molar-refractivity contribution in [1.29, 1.82) is 0 Å². The van der Waals surface area contributed by atoms with Crippen molar-refractivity contribution in [3.8, 4) is 22.5 Å². The van der Waals surface area contributed by atoms with Crippen molar-refractivity contribution in [2.24, 2.45) is 5.92 Å². The molecule has 1 aliphatic carbocycles. The van der Waals surface area contributed by atoms with Crippen LogP contribution in [0.1, 0.15) is 119 Å². The fraction of sp³-hybridized carbons (Fsp3) is 0.291. The summed E-state index contributed by atoms with van der Waals surface area (Å²) in [5.74, 6) is 1.51. The second-order valence-electron chi connectivity index (χ2n) is 19.5. The van der Waals surface area contributed by atoms with Crippen molar-refractivity contribution in [3.05, 3.63) is 176 Å². The van der Waals surface area contributed by atoms with Gasteiger partial charge in [-0.2, -0.15) is 10.2 Å². The van der Waals surface area contributed by atoms with E-state index in [2.05, 4.69) is 73.4 Å². The Hall–Kier alpha value is -6.59. The Kier molecular flexibility index (Phi) is 14.0. The Labute approximate surface area is 397 Å². The molecule has 2 heterocycles. The third kappa shape index (κ3) is 11.6. The van der Waals surface area contributed by atoms with Gasteiger partial charge in [0, 0.05) is 50.7 Å². The van der Waals surface area contributed by atoms with E-state index in [4.69, 9.17) is 10.2 Å². The first-order valence-electron chi connectivity index (χ1n) is 22.5. The number of halogens is 1. The molecule has 7 aromatic rings. The van der Waals surface area contributed by atoms with Gasteiger partial charge in [-0.1, -0.05) is 117 Å². The lowest BCUT2D eigenvalue weighted by atomic mass is 9.92. The molecule has 1 fully saturated rings. The number of nitrogens with one attached hydrogen (secondary N) is 3. The van der Waals surface area contributed by atoms with Gasteiger partial charge in [0.05, 0.1) is 22.8 Å². The number of hydrogen-bond acceptors (Lipinski definition) is 5. The van der Waals surface area contributed by atoms with Crippen LogP contribution in [0.5, 0.6) is 0 Å². The summed E-state index contributed by atoms with van der Waals surface area (Å²) in [7, 11) is 0. The molecule has 0 aliphatic heterocycles. The molecule has 340 valence electrons. The molecule has 1 saturated carbocycles. The lowest BCUT2D eigenvalue weighted by Crippen LogP contribution is -2.25. The first-order chi connectivity index (χ1) is 31.2. The highest BCUT2D eigenvalue weighted by molar-refractivity contribution is 9.10. The summed E-state index contributed by atoms with van der Waals surface area (Å²) in [6.45, 7) is 21.5. The number of aryl methyl sites for hydroxylation is 4. The van der Waals surface area contributed by atoms with Gasteiger partial charge in [-0.05, 0) is 129 Å². The number of hydrogen-bond donors (Lipinski definition) is 3. The SMILES string of the molecule is Cc1ccc(-n2nc(C(C)(C)C)cc2NC(=O)c2ccc(C)c(-c3ccc(C(=O)NCC4CC4)cc3)c2)cc1.Cc1ccc(-n2nc(C(C)(C)C)cc2NC(=O)c2ccc(C)c(Br)c2)cc1. The van der Waals surface area contributed by atoms with E-state index in [0.29, 0.717) is 34.2 Å². The second kappa shape index (κ2) is 19.5. The van der Waals surface area contributed by atoms with Crippen LogP contribution in [0.15, 0.2) is 126 Å². The molecule has 5 aromatic carbocycles. The van der Waals surface area contributed by atoms with Gasteiger partial charge in [-0.3, -0.25) is 14.4 Å². The Bertz CT molecular complexity index is 2880. The highest BCUT2D eigenvalue weighted by Crippen LogP contribution is 2.31. The zero-order chi connectivity index (χ0) is 47.5. The summed E-state index contributed by atoms with van der Waals surface area (Å²) in [5.41, 5.74) is 11.5. The van der Waals surface area contributed by atoms with Crippen LogP contribution in [0.25, 0.3) is 22.5 Å². The quantitative estimate of drug-likeness (QED) is 0.126. The minimum atomic E-state index is -0.207. The number of anilines is 2. The molecule has 1 aliphatic rings. The van der Waals surface area contributed by atoms with Gasteiger partial charge >= 0.3 is 0 Å². The number of benzene rings is 5. The van der Waals surface area contributed by atoms with Crippen LogP contribution >= 0.6 is 15.9 Å². The largest absolute Gasteiger partial charge is 0.352 e. The monoisotopic (exact) mass is 945 g/mol. The highest BCUT2D eigenvalue weighted by Gasteiger charge is 2.25. The van der Waals surface area contributed by atoms with Crippen LogP contribution < -0.4 is 16.0 Å². The highest BCUT2D eigenvalue weighted by atomic mass is 79.9. The first kappa shape index (κ1) is 47.4. The van der Waals surface area contributed by atoms with Crippen molar-refractivity contribution in [3.63, 3.8) is 0 Å². The van der Waals surface area contributed by atoms with Crippen LogP contribution in [0.2, 0.25) is 0 Å². The zero-order valence-electron chi connectivity index (χ0n) is 39.6. The predicted octanol–water partition coefficient (Wildman–Crippen LogP) is 12.6. The molecule has 8 rings (SSSR count). The van der Waals surface area contributed by atoms with E-state index >= 15 is 0 Å². The third-order valence-corrected chi connectivity index (χ3v) is 12.5. The summed E-state index contributed by atoms with van der Waals surface area (Å²) in [5, 5.41) is 18.7. The van der Waals surface area contributed by atoms with Gasteiger partial charge in [-0.15, -0.1) is 0 Å². The average Bonchev–Trinajstić information content (AvgIpc) is 3.85. The molecule has 0 radical (unpaired) electrons. The molecular formula is C55H60BrN7O3. The van der Waals surface area contributed by atoms with Crippen LogP contribution in [0.4, 0.5) is 11.6 Å². The molecule has 10 nitrogen and oxygen atoms in total. The standard InChI is InChI=1S/C33H36N4O2.C22H24BrN3O/c1-21-6-16-27(17-7-21)37-30(19-29(36-37)33(3,4)5)35-32(39)26-11-8-22(2)28(18-26)24-12-14-25(15-13-24)31(38)34-20-23-9-10-23;1-14-6-10-17(11-7-14)26-20(13-19(25-26)22(3,4)5)24-21(27)16-9-8-15(2)18(23)12-16/h6-8,11-19,23H,9-10,20H2,1-5H3,(H,34,38)(H,35,39);6-13H,1-5H3,(H,24,27). The maximum absolute atomic E-state index is 13.5. The Morgan fingerprint density at radius 2 is 1.00 bits per heavy atom. The summed E-state index contributed by atoms with van der Waals surface area (Å²) >= 11 is 3.49. The van der Waals surface area contributed by atoms with Crippen molar-refractivity contribution < 1.29 is 14.4 Å². The van der Waals surface area contributed by atoms with Crippen LogP contribution in [0.3, 0.4) is 0 Å². The Morgan fingerprint density at radius 1 is 0.561 bits per heavy atom. The minimum Gasteiger partial charge on any atom is -0.352 e. The Balaban J connectivity index is 0.000000210. The van der Waals surface area contributed by atoms with Crippen molar-refractivity contribution in [2.75, 3.05) is 17.2 Å². The number of carbonyl (C=O) groups is 3. The molecule has 3 amide bonds. The fourth-order valence-electron chi connectivity index (χ4n) is 7.09. The average molecular weight is 947 g/mol. The van der Waals surface area contributed by atoms with Crippen LogP contribution in [-0.4, -0.2) is 43.8 Å². The van der Waals surface area contributed by atoms with E-state index in [0.717, 1.165) is 61.6 Å². The lowest BCUT2D eigenvalue weighted by Gasteiger charge is -2.14. The van der Waals surface area contributed by atoms with E-state index in [-0.39, 0.29) is 28.6 Å². The van der Waals surface area contributed by atoms with Crippen molar-refractivity contribution in [1.82, 2.24) is 24.9 Å². The molecule has 0 atom stereocenters. The van der Waals surface area contributed by atoms with Crippen molar-refractivity contribution >= 4 is 45.3 Å². The number of amides is 3. The van der Waals surface area contributed by atoms with Gasteiger partial charge in [0.1, 0.15) is 11.6 Å². The minimum absolute atomic E-state index is 0.0434. The molecule has 66 heavy (non-hydrogen) atoms. The number of nitrogens with zero attached hydrogens (tertiary/aromatic N) is 4. The number of aromatic nitrogens is 4. The molecule has 3 N–H and O–H groups in total. The van der Waals surface area contributed by atoms with E-state index < -0.39 is 0 Å². The van der Waals surface area contributed by atoms with Gasteiger partial charge in [0.25, 0.3) is 17.7 Å². The lowest BCUT2D eigenvalue weighted by molar-refractivity contribution is 0.0950. The maximum atomic E-state index is 13.5. The molecule has 11 heteroatoms. The van der Waals surface area contributed by atoms with Gasteiger partial charge < -0.3 is 16.0 Å². The predicted molar refractivity (Wildman–Crippen MR) is 270 cm³/mol. The molecular weight excluding hydrogens is 887 g/mol. The summed E-state index contributed by atoms with van der Waals surface area (Å²) in [6, 6.07) is 38.9. The van der Waals surface area contributed by atoms with Gasteiger partial charge in [0.15, 0.2) is 0 Å². The van der Waals surface area contributed by atoms with E-state index in [1.807, 2.05) is 149 Å². The second-order valence-corrected chi connectivity index (χ2v) is 20.3. The van der Waals surface area contributed by atoms with E-state index in [1.165, 1.54) is 18.4 Å². The van der Waals surface area contributed by atoms with Crippen LogP contribution in [0, 0.1) is 33.6 Å². The van der Waals surface area contributed by atoms with E-state index in [1.54, 1.807) is 9.36 Å². The topological polar surface area (TPSA) is 123 Å². The van der Waals surface area contributed by atoms with E-state index in [9.17, 15) is 14.4 Å². The Morgan fingerprint density at radius 3 is 1.44 bits per heavy atom. The van der Waals surface area contributed by atoms with Gasteiger partial charge in [0.2, 0.25) is 0 Å². The number of carbonyl (C=O) groups excluding carboxylic acids is 3. The molecule has 2 aromatic heterocycles. The smallest absolute Gasteiger partial charge is 0.256 e. The molecule has 0 unspecified atom stereocenters. The molecule has 0 saturated heterocycles. The van der Waals surface area contributed by atoms with Crippen LogP contribution in [-0.2, 0) is 10.8 Å². The van der Waals surface area contributed by atoms with Crippen molar-refractivity contribution in [2.45, 2.75) is 92.9 Å². The molecule has 0 spiro atoms. The molecule has 0 bridgehead atoms.